The fourth-order valence-electron chi connectivity index (χ4n) is 2.61. The van der Waals surface area contributed by atoms with Crippen LogP contribution < -0.4 is 0 Å². The van der Waals surface area contributed by atoms with Gasteiger partial charge in [-0.15, -0.1) is 0 Å². The van der Waals surface area contributed by atoms with Crippen LogP contribution in [0.15, 0.2) is 46.9 Å². The smallest absolute Gasteiger partial charge is 0.163 e. The summed E-state index contributed by atoms with van der Waals surface area (Å²) in [5.41, 5.74) is 2.69. The molecule has 0 fully saturated rings. The van der Waals surface area contributed by atoms with Gasteiger partial charge in [0, 0.05) is 16.3 Å². The van der Waals surface area contributed by atoms with Crippen molar-refractivity contribution in [1.82, 2.24) is 15.0 Å². The van der Waals surface area contributed by atoms with E-state index >= 15 is 0 Å². The lowest BCUT2D eigenvalue weighted by molar-refractivity contribution is 0.669. The van der Waals surface area contributed by atoms with Gasteiger partial charge in [0.15, 0.2) is 5.82 Å². The Morgan fingerprint density at radius 1 is 0.762 bits per heavy atom. The van der Waals surface area contributed by atoms with E-state index in [9.17, 15) is 0 Å². The molecule has 0 aliphatic rings. The highest BCUT2D eigenvalue weighted by Gasteiger charge is 2.10. The number of nitrogens with zero attached hydrogens (tertiary/aromatic N) is 3. The van der Waals surface area contributed by atoms with Crippen LogP contribution in [-0.2, 0) is 0 Å². The normalized spacial score (nSPS) is 11.3. The zero-order valence-corrected chi connectivity index (χ0v) is 11.8. The molecule has 0 N–H and O–H groups in total. The average molecular weight is 275 g/mol. The van der Waals surface area contributed by atoms with Crippen LogP contribution in [0.4, 0.5) is 0 Å². The molecule has 2 aromatic carbocycles. The molecule has 4 rings (SSSR count). The number of benzene rings is 2. The van der Waals surface area contributed by atoms with E-state index in [1.165, 1.54) is 0 Å². The minimum absolute atomic E-state index is 0.683. The monoisotopic (exact) mass is 275 g/mol. The Kier molecular flexibility index (Phi) is 2.51. The number of furan rings is 1. The third-order valence-electron chi connectivity index (χ3n) is 3.50. The molecule has 4 nitrogen and oxygen atoms in total. The van der Waals surface area contributed by atoms with Gasteiger partial charge in [-0.3, -0.25) is 0 Å². The third kappa shape index (κ3) is 1.96. The summed E-state index contributed by atoms with van der Waals surface area (Å²) in [6, 6.07) is 14.1. The lowest BCUT2D eigenvalue weighted by Crippen LogP contribution is -1.98. The van der Waals surface area contributed by atoms with Crippen LogP contribution in [0.25, 0.3) is 33.3 Å². The molecule has 102 valence electrons. The maximum atomic E-state index is 5.90. The van der Waals surface area contributed by atoms with E-state index < -0.39 is 0 Å². The van der Waals surface area contributed by atoms with Crippen molar-refractivity contribution >= 4 is 21.9 Å². The van der Waals surface area contributed by atoms with Crippen LogP contribution in [0.2, 0.25) is 0 Å². The van der Waals surface area contributed by atoms with Crippen LogP contribution in [0.1, 0.15) is 11.6 Å². The van der Waals surface area contributed by atoms with Crippen molar-refractivity contribution in [2.24, 2.45) is 0 Å². The van der Waals surface area contributed by atoms with E-state index in [0.717, 1.165) is 39.2 Å². The van der Waals surface area contributed by atoms with Crippen LogP contribution in [0, 0.1) is 13.8 Å². The Balaban J connectivity index is 1.96. The molecule has 0 aliphatic heterocycles. The van der Waals surface area contributed by atoms with Gasteiger partial charge >= 0.3 is 0 Å². The molecule has 0 unspecified atom stereocenters. The molecule has 0 amide bonds. The van der Waals surface area contributed by atoms with Crippen LogP contribution in [-0.4, -0.2) is 15.0 Å². The number of para-hydroxylation sites is 1. The van der Waals surface area contributed by atoms with E-state index in [2.05, 4.69) is 27.1 Å². The molecular weight excluding hydrogens is 262 g/mol. The molecule has 0 atom stereocenters. The lowest BCUT2D eigenvalue weighted by atomic mass is 10.1. The first-order chi connectivity index (χ1) is 10.2. The summed E-state index contributed by atoms with van der Waals surface area (Å²) in [6.45, 7) is 3.75. The molecule has 2 heterocycles. The first-order valence-electron chi connectivity index (χ1n) is 6.82. The highest BCUT2D eigenvalue weighted by Crippen LogP contribution is 2.31. The molecule has 0 saturated carbocycles. The van der Waals surface area contributed by atoms with Gasteiger partial charge in [0.1, 0.15) is 22.8 Å². The van der Waals surface area contributed by atoms with Gasteiger partial charge < -0.3 is 4.42 Å². The Labute approximate surface area is 121 Å². The van der Waals surface area contributed by atoms with Crippen LogP contribution >= 0.6 is 0 Å². The van der Waals surface area contributed by atoms with Crippen molar-refractivity contribution in [1.29, 1.82) is 0 Å². The SMILES string of the molecule is Cc1nc(C)nc(-c2ccc3c(c2)oc2ccccc23)n1. The first-order valence-corrected chi connectivity index (χ1v) is 6.82. The van der Waals surface area contributed by atoms with E-state index in [1.54, 1.807) is 0 Å². The second-order valence-corrected chi connectivity index (χ2v) is 5.06. The van der Waals surface area contributed by atoms with Gasteiger partial charge in [0.25, 0.3) is 0 Å². The number of aryl methyl sites for hydroxylation is 2. The number of rotatable bonds is 1. The van der Waals surface area contributed by atoms with Crippen molar-refractivity contribution in [2.75, 3.05) is 0 Å². The highest BCUT2D eigenvalue weighted by atomic mass is 16.3. The first kappa shape index (κ1) is 12.0. The largest absolute Gasteiger partial charge is 0.456 e. The maximum Gasteiger partial charge on any atom is 0.163 e. The van der Waals surface area contributed by atoms with Gasteiger partial charge in [-0.1, -0.05) is 24.3 Å². The lowest BCUT2D eigenvalue weighted by Gasteiger charge is -2.02. The van der Waals surface area contributed by atoms with E-state index in [1.807, 2.05) is 44.2 Å². The molecule has 2 aromatic heterocycles. The second-order valence-electron chi connectivity index (χ2n) is 5.06. The van der Waals surface area contributed by atoms with Gasteiger partial charge in [0.05, 0.1) is 0 Å². The van der Waals surface area contributed by atoms with E-state index in [0.29, 0.717) is 5.82 Å². The third-order valence-corrected chi connectivity index (χ3v) is 3.50. The fourth-order valence-corrected chi connectivity index (χ4v) is 2.61. The molecule has 0 bridgehead atoms. The molecule has 4 heteroatoms. The van der Waals surface area contributed by atoms with Gasteiger partial charge in [0.2, 0.25) is 0 Å². The number of fused-ring (bicyclic) bond motifs is 3. The van der Waals surface area contributed by atoms with Crippen molar-refractivity contribution < 1.29 is 4.42 Å². The minimum Gasteiger partial charge on any atom is -0.456 e. The summed E-state index contributed by atoms with van der Waals surface area (Å²) in [5.74, 6) is 2.13. The van der Waals surface area contributed by atoms with Crippen molar-refractivity contribution in [2.45, 2.75) is 13.8 Å². The number of hydrogen-bond acceptors (Lipinski definition) is 4. The van der Waals surface area contributed by atoms with E-state index in [-0.39, 0.29) is 0 Å². The summed E-state index contributed by atoms with van der Waals surface area (Å²) in [6.07, 6.45) is 0. The van der Waals surface area contributed by atoms with Crippen molar-refractivity contribution in [3.8, 4) is 11.4 Å². The summed E-state index contributed by atoms with van der Waals surface area (Å²) in [4.78, 5) is 13.0. The van der Waals surface area contributed by atoms with Gasteiger partial charge in [-0.05, 0) is 32.0 Å². The van der Waals surface area contributed by atoms with Crippen LogP contribution in [0.3, 0.4) is 0 Å². The summed E-state index contributed by atoms with van der Waals surface area (Å²) < 4.78 is 5.90. The maximum absolute atomic E-state index is 5.90. The molecule has 21 heavy (non-hydrogen) atoms. The second kappa shape index (κ2) is 4.38. The zero-order chi connectivity index (χ0) is 14.4. The van der Waals surface area contributed by atoms with Crippen molar-refractivity contribution in [3.63, 3.8) is 0 Å². The Bertz CT molecular complexity index is 952. The van der Waals surface area contributed by atoms with Gasteiger partial charge in [-0.2, -0.15) is 0 Å². The Morgan fingerprint density at radius 2 is 1.48 bits per heavy atom. The quantitative estimate of drug-likeness (QED) is 0.525. The van der Waals surface area contributed by atoms with Gasteiger partial charge in [-0.25, -0.2) is 15.0 Å². The minimum atomic E-state index is 0.683. The predicted molar refractivity (Wildman–Crippen MR) is 82.0 cm³/mol. The fraction of sp³-hybridized carbons (Fsp3) is 0.118. The summed E-state index contributed by atoms with van der Waals surface area (Å²) in [7, 11) is 0. The molecule has 4 aromatic rings. The predicted octanol–water partition coefficient (Wildman–Crippen LogP) is 4.05. The standard InChI is InChI=1S/C17H13N3O/c1-10-18-11(2)20-17(19-10)12-7-8-14-13-5-3-4-6-15(13)21-16(14)9-12/h3-9H,1-2H3. The zero-order valence-electron chi connectivity index (χ0n) is 11.8. The van der Waals surface area contributed by atoms with E-state index in [4.69, 9.17) is 4.42 Å². The van der Waals surface area contributed by atoms with Crippen LogP contribution in [0.5, 0.6) is 0 Å². The highest BCUT2D eigenvalue weighted by molar-refractivity contribution is 6.05. The molecule has 0 radical (unpaired) electrons. The molecule has 0 saturated heterocycles. The Morgan fingerprint density at radius 3 is 2.29 bits per heavy atom. The Hall–Kier alpha value is -2.75. The molecule has 0 aliphatic carbocycles. The number of hydrogen-bond donors (Lipinski definition) is 0. The summed E-state index contributed by atoms with van der Waals surface area (Å²) >= 11 is 0. The molecule has 0 spiro atoms. The average Bonchev–Trinajstić information content (AvgIpc) is 2.83. The summed E-state index contributed by atoms with van der Waals surface area (Å²) in [5, 5.41) is 2.24. The van der Waals surface area contributed by atoms with Crippen molar-refractivity contribution in [3.05, 3.63) is 54.1 Å². The topological polar surface area (TPSA) is 51.8 Å². The number of aromatic nitrogens is 3. The molecular formula is C17H13N3O.